The van der Waals surface area contributed by atoms with Crippen molar-refractivity contribution in [1.82, 2.24) is 0 Å². The molecule has 14 heavy (non-hydrogen) atoms. The molecule has 0 aliphatic rings. The zero-order chi connectivity index (χ0) is 10.8. The fraction of sp³-hybridized carbons (Fsp3) is 0.500. The Labute approximate surface area is 85.9 Å². The van der Waals surface area contributed by atoms with Crippen LogP contribution in [0.15, 0.2) is 24.3 Å². The Balaban J connectivity index is 0.000000500. The van der Waals surface area contributed by atoms with Crippen LogP contribution in [0.2, 0.25) is 0 Å². The second kappa shape index (κ2) is 8.54. The summed E-state index contributed by atoms with van der Waals surface area (Å²) in [4.78, 5) is 0. The molecule has 0 amide bonds. The van der Waals surface area contributed by atoms with E-state index in [1.54, 1.807) is 18.2 Å². The standard InChI is InChI=1S/C9H11FO.C3H8/c1-2-7-11-9-6-4-3-5-8(9)10;1-3-2/h3-6H,2,7H2,1H3;3H2,1-2H3. The molecule has 1 aromatic rings. The highest BCUT2D eigenvalue weighted by atomic mass is 19.1. The van der Waals surface area contributed by atoms with E-state index in [9.17, 15) is 4.39 Å². The van der Waals surface area contributed by atoms with Crippen molar-refractivity contribution in [3.63, 3.8) is 0 Å². The van der Waals surface area contributed by atoms with Crippen LogP contribution in [-0.4, -0.2) is 6.61 Å². The van der Waals surface area contributed by atoms with Crippen molar-refractivity contribution in [1.29, 1.82) is 0 Å². The van der Waals surface area contributed by atoms with E-state index in [0.717, 1.165) is 6.42 Å². The number of hydrogen-bond donors (Lipinski definition) is 0. The quantitative estimate of drug-likeness (QED) is 0.712. The van der Waals surface area contributed by atoms with Crippen LogP contribution in [0.3, 0.4) is 0 Å². The number of rotatable bonds is 3. The molecule has 1 nitrogen and oxygen atoms in total. The molecule has 0 aliphatic carbocycles. The number of para-hydroxylation sites is 1. The van der Waals surface area contributed by atoms with E-state index in [-0.39, 0.29) is 5.82 Å². The van der Waals surface area contributed by atoms with Crippen LogP contribution in [0.5, 0.6) is 5.75 Å². The first kappa shape index (κ1) is 12.9. The number of ether oxygens (including phenoxy) is 1. The molecule has 1 aromatic carbocycles. The van der Waals surface area contributed by atoms with Crippen molar-refractivity contribution in [3.8, 4) is 5.75 Å². The molecule has 0 radical (unpaired) electrons. The molecular weight excluding hydrogens is 179 g/mol. The highest BCUT2D eigenvalue weighted by molar-refractivity contribution is 5.23. The summed E-state index contributed by atoms with van der Waals surface area (Å²) in [5.41, 5.74) is 0. The molecule has 0 heterocycles. The van der Waals surface area contributed by atoms with Gasteiger partial charge in [-0.1, -0.05) is 39.3 Å². The summed E-state index contributed by atoms with van der Waals surface area (Å²) in [6.45, 7) is 6.81. The normalized spacial score (nSPS) is 8.86. The van der Waals surface area contributed by atoms with Gasteiger partial charge in [-0.2, -0.15) is 0 Å². The number of hydrogen-bond acceptors (Lipinski definition) is 1. The second-order valence-corrected chi connectivity index (χ2v) is 2.99. The van der Waals surface area contributed by atoms with Gasteiger partial charge in [0.1, 0.15) is 0 Å². The Morgan fingerprint density at radius 1 is 1.14 bits per heavy atom. The molecule has 0 N–H and O–H groups in total. The van der Waals surface area contributed by atoms with Crippen LogP contribution in [0.4, 0.5) is 4.39 Å². The zero-order valence-corrected chi connectivity index (χ0v) is 9.22. The fourth-order valence-corrected chi connectivity index (χ4v) is 0.774. The largest absolute Gasteiger partial charge is 0.491 e. The summed E-state index contributed by atoms with van der Waals surface area (Å²) in [7, 11) is 0. The Morgan fingerprint density at radius 2 is 1.71 bits per heavy atom. The molecule has 1 rings (SSSR count). The lowest BCUT2D eigenvalue weighted by molar-refractivity contribution is 0.301. The minimum Gasteiger partial charge on any atom is -0.491 e. The van der Waals surface area contributed by atoms with Crippen LogP contribution < -0.4 is 4.74 Å². The van der Waals surface area contributed by atoms with Crippen molar-refractivity contribution in [2.45, 2.75) is 33.6 Å². The summed E-state index contributed by atoms with van der Waals surface area (Å²) in [5.74, 6) is 0.0512. The van der Waals surface area contributed by atoms with Crippen molar-refractivity contribution in [2.75, 3.05) is 6.61 Å². The molecule has 80 valence electrons. The van der Waals surface area contributed by atoms with E-state index in [1.165, 1.54) is 12.5 Å². The number of benzene rings is 1. The van der Waals surface area contributed by atoms with Crippen molar-refractivity contribution < 1.29 is 9.13 Å². The van der Waals surface area contributed by atoms with Gasteiger partial charge in [-0.3, -0.25) is 0 Å². The molecule has 2 heteroatoms. The van der Waals surface area contributed by atoms with Crippen molar-refractivity contribution in [3.05, 3.63) is 30.1 Å². The van der Waals surface area contributed by atoms with Gasteiger partial charge in [0, 0.05) is 0 Å². The Hall–Kier alpha value is -1.05. The highest BCUT2D eigenvalue weighted by Crippen LogP contribution is 2.14. The minimum absolute atomic E-state index is 0.291. The van der Waals surface area contributed by atoms with E-state index in [4.69, 9.17) is 4.74 Å². The third-order valence-electron chi connectivity index (χ3n) is 1.30. The van der Waals surface area contributed by atoms with E-state index in [1.807, 2.05) is 6.92 Å². The molecule has 0 aromatic heterocycles. The summed E-state index contributed by atoms with van der Waals surface area (Å²) < 4.78 is 17.9. The van der Waals surface area contributed by atoms with Crippen molar-refractivity contribution >= 4 is 0 Å². The summed E-state index contributed by atoms with van der Waals surface area (Å²) in [6, 6.07) is 6.43. The van der Waals surface area contributed by atoms with E-state index >= 15 is 0 Å². The molecule has 0 fully saturated rings. The maximum absolute atomic E-state index is 12.8. The van der Waals surface area contributed by atoms with Crippen LogP contribution in [0.25, 0.3) is 0 Å². The predicted octanol–water partition coefficient (Wildman–Crippen LogP) is 4.03. The smallest absolute Gasteiger partial charge is 0.165 e. The summed E-state index contributed by atoms with van der Waals surface area (Å²) >= 11 is 0. The molecule has 0 aliphatic heterocycles. The van der Waals surface area contributed by atoms with Gasteiger partial charge in [-0.15, -0.1) is 0 Å². The molecular formula is C12H19FO. The van der Waals surface area contributed by atoms with E-state index < -0.39 is 0 Å². The second-order valence-electron chi connectivity index (χ2n) is 2.99. The molecule has 0 bridgehead atoms. The van der Waals surface area contributed by atoms with Crippen LogP contribution in [0, 0.1) is 5.82 Å². The summed E-state index contributed by atoms with van der Waals surface area (Å²) in [5, 5.41) is 0. The van der Waals surface area contributed by atoms with Crippen molar-refractivity contribution in [2.24, 2.45) is 0 Å². The van der Waals surface area contributed by atoms with Gasteiger partial charge in [0.25, 0.3) is 0 Å². The highest BCUT2D eigenvalue weighted by Gasteiger charge is 1.98. The molecule has 0 unspecified atom stereocenters. The molecule has 0 saturated carbocycles. The Bertz CT molecular complexity index is 236. The summed E-state index contributed by atoms with van der Waals surface area (Å²) in [6.07, 6.45) is 2.15. The van der Waals surface area contributed by atoms with Gasteiger partial charge in [0.15, 0.2) is 11.6 Å². The van der Waals surface area contributed by atoms with Crippen LogP contribution >= 0.6 is 0 Å². The maximum atomic E-state index is 12.8. The zero-order valence-electron chi connectivity index (χ0n) is 9.22. The average molecular weight is 198 g/mol. The van der Waals surface area contributed by atoms with Crippen LogP contribution in [-0.2, 0) is 0 Å². The first-order chi connectivity index (χ1) is 6.76. The molecule has 0 saturated heterocycles. The SMILES string of the molecule is CCC.CCCOc1ccccc1F. The third kappa shape index (κ3) is 5.57. The monoisotopic (exact) mass is 198 g/mol. The van der Waals surface area contributed by atoms with Gasteiger partial charge >= 0.3 is 0 Å². The van der Waals surface area contributed by atoms with Gasteiger partial charge < -0.3 is 4.74 Å². The first-order valence-electron chi connectivity index (χ1n) is 5.13. The van der Waals surface area contributed by atoms with Crippen LogP contribution in [0.1, 0.15) is 33.6 Å². The predicted molar refractivity (Wildman–Crippen MR) is 58.2 cm³/mol. The topological polar surface area (TPSA) is 9.23 Å². The lowest BCUT2D eigenvalue weighted by Crippen LogP contribution is -1.96. The lowest BCUT2D eigenvalue weighted by atomic mass is 10.3. The minimum atomic E-state index is -0.291. The van der Waals surface area contributed by atoms with Gasteiger partial charge in [0.2, 0.25) is 0 Å². The Morgan fingerprint density at radius 3 is 2.21 bits per heavy atom. The van der Waals surface area contributed by atoms with Gasteiger partial charge in [0.05, 0.1) is 6.61 Å². The van der Waals surface area contributed by atoms with Gasteiger partial charge in [-0.25, -0.2) is 4.39 Å². The third-order valence-corrected chi connectivity index (χ3v) is 1.30. The molecule has 0 atom stereocenters. The molecule has 0 spiro atoms. The fourth-order valence-electron chi connectivity index (χ4n) is 0.774. The van der Waals surface area contributed by atoms with Gasteiger partial charge in [-0.05, 0) is 18.6 Å². The van der Waals surface area contributed by atoms with E-state index in [2.05, 4.69) is 13.8 Å². The maximum Gasteiger partial charge on any atom is 0.165 e. The first-order valence-corrected chi connectivity index (χ1v) is 5.13. The van der Waals surface area contributed by atoms with E-state index in [0.29, 0.717) is 12.4 Å². The average Bonchev–Trinajstić information content (AvgIpc) is 2.18. The number of halogens is 1. The lowest BCUT2D eigenvalue weighted by Gasteiger charge is -2.03. The Kier molecular flexibility index (Phi) is 7.90.